The molecular formula is C13H17NO2S. The molecule has 1 aromatic carbocycles. The van der Waals surface area contributed by atoms with Gasteiger partial charge in [0.2, 0.25) is 0 Å². The number of sulfone groups is 1. The summed E-state index contributed by atoms with van der Waals surface area (Å²) in [7, 11) is -2.92. The fourth-order valence-corrected chi connectivity index (χ4v) is 2.43. The molecule has 0 aliphatic carbocycles. The number of nitrogens with one attached hydrogen (secondary N) is 1. The van der Waals surface area contributed by atoms with E-state index in [1.807, 2.05) is 37.3 Å². The lowest BCUT2D eigenvalue weighted by atomic mass is 10.2. The largest absolute Gasteiger partial charge is 0.303 e. The molecular weight excluding hydrogens is 234 g/mol. The van der Waals surface area contributed by atoms with Crippen molar-refractivity contribution in [1.82, 2.24) is 5.32 Å². The molecule has 0 spiro atoms. The number of hydrogen-bond acceptors (Lipinski definition) is 3. The molecule has 0 saturated carbocycles. The molecule has 0 amide bonds. The quantitative estimate of drug-likeness (QED) is 0.814. The molecule has 4 heteroatoms. The average molecular weight is 251 g/mol. The predicted molar refractivity (Wildman–Crippen MR) is 70.5 cm³/mol. The van der Waals surface area contributed by atoms with Gasteiger partial charge in [-0.3, -0.25) is 0 Å². The molecule has 1 unspecified atom stereocenters. The van der Waals surface area contributed by atoms with E-state index in [-0.39, 0.29) is 11.8 Å². The predicted octanol–water partition coefficient (Wildman–Crippen LogP) is 1.06. The van der Waals surface area contributed by atoms with Crippen LogP contribution in [0.25, 0.3) is 0 Å². The Morgan fingerprint density at radius 3 is 2.53 bits per heavy atom. The fraction of sp³-hybridized carbons (Fsp3) is 0.385. The molecule has 1 N–H and O–H groups in total. The van der Waals surface area contributed by atoms with Gasteiger partial charge >= 0.3 is 0 Å². The lowest BCUT2D eigenvalue weighted by Gasteiger charge is -2.09. The third-order valence-corrected chi connectivity index (χ3v) is 3.20. The molecule has 0 aliphatic rings. The van der Waals surface area contributed by atoms with Gasteiger partial charge < -0.3 is 5.32 Å². The summed E-state index contributed by atoms with van der Waals surface area (Å²) in [5.74, 6) is 6.10. The van der Waals surface area contributed by atoms with Gasteiger partial charge in [0.1, 0.15) is 9.84 Å². The second-order valence-electron chi connectivity index (χ2n) is 4.04. The van der Waals surface area contributed by atoms with Crippen molar-refractivity contribution >= 4 is 9.84 Å². The number of benzene rings is 1. The zero-order valence-corrected chi connectivity index (χ0v) is 10.9. The molecule has 1 aromatic rings. The van der Waals surface area contributed by atoms with E-state index in [1.165, 1.54) is 6.26 Å². The summed E-state index contributed by atoms with van der Waals surface area (Å²) in [6.07, 6.45) is 1.24. The molecule has 0 radical (unpaired) electrons. The van der Waals surface area contributed by atoms with Crippen molar-refractivity contribution in [3.8, 4) is 11.8 Å². The SMILES string of the molecule is CC(CS(C)(=O)=O)NCC#Cc1ccccc1. The standard InChI is InChI=1S/C13H17NO2S/c1-12(11-17(2,15)16)14-10-6-9-13-7-4-3-5-8-13/h3-5,7-8,12,14H,10-11H2,1-2H3. The summed E-state index contributed by atoms with van der Waals surface area (Å²) in [4.78, 5) is 0. The fourth-order valence-electron chi connectivity index (χ4n) is 1.41. The Labute approximate surface area is 103 Å². The van der Waals surface area contributed by atoms with Gasteiger partial charge in [-0.15, -0.1) is 0 Å². The van der Waals surface area contributed by atoms with Crippen LogP contribution in [-0.2, 0) is 9.84 Å². The molecule has 0 bridgehead atoms. The van der Waals surface area contributed by atoms with Crippen molar-refractivity contribution in [2.75, 3.05) is 18.6 Å². The van der Waals surface area contributed by atoms with E-state index >= 15 is 0 Å². The van der Waals surface area contributed by atoms with E-state index in [0.29, 0.717) is 6.54 Å². The van der Waals surface area contributed by atoms with Crippen LogP contribution in [0, 0.1) is 11.8 Å². The molecule has 0 aliphatic heterocycles. The van der Waals surface area contributed by atoms with Gasteiger partial charge in [-0.05, 0) is 19.1 Å². The zero-order chi connectivity index (χ0) is 12.7. The molecule has 0 fully saturated rings. The Bertz CT molecular complexity index is 497. The van der Waals surface area contributed by atoms with Crippen molar-refractivity contribution in [1.29, 1.82) is 0 Å². The normalized spacial score (nSPS) is 12.6. The maximum Gasteiger partial charge on any atom is 0.148 e. The van der Waals surface area contributed by atoms with Gasteiger partial charge in [-0.25, -0.2) is 8.42 Å². The maximum absolute atomic E-state index is 11.0. The minimum atomic E-state index is -2.92. The highest BCUT2D eigenvalue weighted by Crippen LogP contribution is 1.94. The van der Waals surface area contributed by atoms with Crippen LogP contribution >= 0.6 is 0 Å². The van der Waals surface area contributed by atoms with Crippen molar-refractivity contribution in [2.45, 2.75) is 13.0 Å². The van der Waals surface area contributed by atoms with Crippen LogP contribution in [0.3, 0.4) is 0 Å². The summed E-state index contributed by atoms with van der Waals surface area (Å²) in [5, 5.41) is 3.06. The first-order chi connectivity index (χ1) is 7.97. The zero-order valence-electron chi connectivity index (χ0n) is 10.1. The molecule has 0 saturated heterocycles. The van der Waals surface area contributed by atoms with E-state index in [2.05, 4.69) is 17.2 Å². The van der Waals surface area contributed by atoms with Gasteiger partial charge in [-0.2, -0.15) is 0 Å². The van der Waals surface area contributed by atoms with E-state index in [0.717, 1.165) is 5.56 Å². The van der Waals surface area contributed by atoms with Crippen molar-refractivity contribution in [3.63, 3.8) is 0 Å². The van der Waals surface area contributed by atoms with Crippen molar-refractivity contribution < 1.29 is 8.42 Å². The topological polar surface area (TPSA) is 46.2 Å². The second-order valence-corrected chi connectivity index (χ2v) is 6.23. The highest BCUT2D eigenvalue weighted by atomic mass is 32.2. The number of hydrogen-bond donors (Lipinski definition) is 1. The smallest absolute Gasteiger partial charge is 0.148 e. The molecule has 17 heavy (non-hydrogen) atoms. The van der Waals surface area contributed by atoms with Gasteiger partial charge in [0, 0.05) is 17.9 Å². The second kappa shape index (κ2) is 6.43. The van der Waals surface area contributed by atoms with Crippen molar-refractivity contribution in [2.24, 2.45) is 0 Å². The van der Waals surface area contributed by atoms with Crippen LogP contribution in [0.4, 0.5) is 0 Å². The first-order valence-corrected chi connectivity index (χ1v) is 7.48. The molecule has 1 atom stereocenters. The minimum absolute atomic E-state index is 0.0740. The molecule has 0 aromatic heterocycles. The molecule has 3 nitrogen and oxygen atoms in total. The summed E-state index contributed by atoms with van der Waals surface area (Å²) in [5.41, 5.74) is 0.963. The van der Waals surface area contributed by atoms with Crippen molar-refractivity contribution in [3.05, 3.63) is 35.9 Å². The monoisotopic (exact) mass is 251 g/mol. The third-order valence-electron chi connectivity index (χ3n) is 2.10. The summed E-state index contributed by atoms with van der Waals surface area (Å²) in [6, 6.07) is 9.61. The van der Waals surface area contributed by atoms with Crippen LogP contribution in [-0.4, -0.2) is 33.0 Å². The summed E-state index contributed by atoms with van der Waals surface area (Å²) in [6.45, 7) is 2.33. The maximum atomic E-state index is 11.0. The van der Waals surface area contributed by atoms with Gasteiger partial charge in [0.05, 0.1) is 12.3 Å². The first kappa shape index (κ1) is 13.8. The van der Waals surface area contributed by atoms with E-state index in [4.69, 9.17) is 0 Å². The Morgan fingerprint density at radius 2 is 1.94 bits per heavy atom. The van der Waals surface area contributed by atoms with Gasteiger partial charge in [-0.1, -0.05) is 30.0 Å². The Kier molecular flexibility index (Phi) is 5.20. The summed E-state index contributed by atoms with van der Waals surface area (Å²) >= 11 is 0. The minimum Gasteiger partial charge on any atom is -0.303 e. The number of rotatable bonds is 4. The summed E-state index contributed by atoms with van der Waals surface area (Å²) < 4.78 is 22.0. The molecule has 1 rings (SSSR count). The van der Waals surface area contributed by atoms with E-state index < -0.39 is 9.84 Å². The highest BCUT2D eigenvalue weighted by Gasteiger charge is 2.08. The van der Waals surface area contributed by atoms with Gasteiger partial charge in [0.15, 0.2) is 0 Å². The van der Waals surface area contributed by atoms with E-state index in [9.17, 15) is 8.42 Å². The Balaban J connectivity index is 2.36. The highest BCUT2D eigenvalue weighted by molar-refractivity contribution is 7.90. The van der Waals surface area contributed by atoms with E-state index in [1.54, 1.807) is 0 Å². The van der Waals surface area contributed by atoms with Crippen LogP contribution < -0.4 is 5.32 Å². The molecule has 0 heterocycles. The van der Waals surface area contributed by atoms with Crippen LogP contribution in [0.5, 0.6) is 0 Å². The average Bonchev–Trinajstić information content (AvgIpc) is 2.23. The molecule has 92 valence electrons. The third kappa shape index (κ3) is 6.77. The van der Waals surface area contributed by atoms with Crippen LogP contribution in [0.2, 0.25) is 0 Å². The lowest BCUT2D eigenvalue weighted by molar-refractivity contribution is 0.578. The Morgan fingerprint density at radius 1 is 1.29 bits per heavy atom. The Hall–Kier alpha value is -1.31. The van der Waals surface area contributed by atoms with Gasteiger partial charge in [0.25, 0.3) is 0 Å². The van der Waals surface area contributed by atoms with Crippen LogP contribution in [0.1, 0.15) is 12.5 Å². The first-order valence-electron chi connectivity index (χ1n) is 5.42. The van der Waals surface area contributed by atoms with Crippen LogP contribution in [0.15, 0.2) is 30.3 Å². The lowest BCUT2D eigenvalue weighted by Crippen LogP contribution is -2.32.